The van der Waals surface area contributed by atoms with Crippen molar-refractivity contribution in [3.63, 3.8) is 0 Å². The van der Waals surface area contributed by atoms with Crippen LogP contribution in [0.4, 0.5) is 30.7 Å². The van der Waals surface area contributed by atoms with Gasteiger partial charge in [0.15, 0.2) is 0 Å². The van der Waals surface area contributed by atoms with E-state index in [0.29, 0.717) is 0 Å². The normalized spacial score (nSPS) is 16.5. The fourth-order valence-electron chi connectivity index (χ4n) is 0.375. The zero-order chi connectivity index (χ0) is 11.8. The molecule has 0 radical (unpaired) electrons. The predicted octanol–water partition coefficient (Wildman–Crippen LogP) is -2.50. The molecule has 0 rings (SSSR count). The fraction of sp³-hybridized carbons (Fsp3) is 0.750. The number of alkyl halides is 7. The van der Waals surface area contributed by atoms with Gasteiger partial charge in [-0.1, -0.05) is 0 Å². The molecule has 0 heterocycles. The first-order valence-corrected chi connectivity index (χ1v) is 2.64. The molecule has 0 bridgehead atoms. The molecule has 84 valence electrons. The summed E-state index contributed by atoms with van der Waals surface area (Å²) in [6.45, 7) is 0. The predicted molar refractivity (Wildman–Crippen MR) is 22.0 cm³/mol. The maximum atomic E-state index is 12.2. The van der Waals surface area contributed by atoms with Gasteiger partial charge in [0.25, 0.3) is 0 Å². The molecule has 0 spiro atoms. The second-order valence-electron chi connectivity index (χ2n) is 1.93. The Morgan fingerprint density at radius 3 is 1.40 bits per heavy atom. The Labute approximate surface area is 99.5 Å². The van der Waals surface area contributed by atoms with Crippen molar-refractivity contribution in [2.45, 2.75) is 18.4 Å². The first kappa shape index (κ1) is 17.3. The minimum atomic E-state index is -6.39. The Balaban J connectivity index is 0. The third kappa shape index (κ3) is 4.53. The van der Waals surface area contributed by atoms with Crippen LogP contribution in [0, 0.1) is 0 Å². The van der Waals surface area contributed by atoms with Gasteiger partial charge in [0.1, 0.15) is 5.97 Å². The Bertz CT molecular complexity index is 235. The van der Waals surface area contributed by atoms with Gasteiger partial charge in [-0.2, -0.15) is 17.6 Å². The van der Waals surface area contributed by atoms with Crippen LogP contribution in [0.1, 0.15) is 0 Å². The summed E-state index contributed by atoms with van der Waals surface area (Å²) in [7, 11) is 0. The van der Waals surface area contributed by atoms with Crippen molar-refractivity contribution in [1.82, 2.24) is 0 Å². The molecular weight excluding hydrogens is 252 g/mol. The van der Waals surface area contributed by atoms with E-state index in [4.69, 9.17) is 0 Å². The summed E-state index contributed by atoms with van der Waals surface area (Å²) in [6, 6.07) is 0. The average Bonchev–Trinajstić information content (AvgIpc) is 1.79. The minimum Gasteiger partial charge on any atom is -0.544 e. The first-order chi connectivity index (χ1) is 5.90. The van der Waals surface area contributed by atoms with Crippen LogP contribution in [-0.2, 0) is 9.53 Å². The molecule has 0 aromatic carbocycles. The van der Waals surface area contributed by atoms with Crippen LogP contribution in [0.15, 0.2) is 0 Å². The molecule has 11 heteroatoms. The number of carboxylic acids is 1. The third-order valence-corrected chi connectivity index (χ3v) is 0.884. The van der Waals surface area contributed by atoms with E-state index in [0.717, 1.165) is 0 Å². The Kier molecular flexibility index (Phi) is 5.60. The minimum absolute atomic E-state index is 0. The van der Waals surface area contributed by atoms with Crippen molar-refractivity contribution < 1.29 is 74.9 Å². The second-order valence-corrected chi connectivity index (χ2v) is 1.93. The molecule has 0 aromatic heterocycles. The van der Waals surface area contributed by atoms with Gasteiger partial charge in [-0.3, -0.25) is 0 Å². The molecule has 0 N–H and O–H groups in total. The number of ether oxygens (including phenoxy) is 1. The summed E-state index contributed by atoms with van der Waals surface area (Å²) < 4.78 is 81.9. The van der Waals surface area contributed by atoms with Gasteiger partial charge in [-0.05, 0) is 0 Å². The fourth-order valence-corrected chi connectivity index (χ4v) is 0.375. The van der Waals surface area contributed by atoms with Crippen molar-refractivity contribution in [1.29, 1.82) is 0 Å². The monoisotopic (exact) mass is 252 g/mol. The first-order valence-electron chi connectivity index (χ1n) is 2.64. The summed E-state index contributed by atoms with van der Waals surface area (Å²) in [6.07, 6.45) is -12.5. The number of aliphatic carboxylic acids is 1. The molecule has 0 aromatic rings. The molecule has 0 saturated carbocycles. The van der Waals surface area contributed by atoms with Crippen LogP contribution in [0.2, 0.25) is 0 Å². The smallest absolute Gasteiger partial charge is 0.544 e. The van der Waals surface area contributed by atoms with Crippen molar-refractivity contribution >= 4 is 5.97 Å². The zero-order valence-electron chi connectivity index (χ0n) is 6.87. The molecule has 0 fully saturated rings. The van der Waals surface area contributed by atoms with E-state index >= 15 is 0 Å². The van der Waals surface area contributed by atoms with Crippen LogP contribution in [0.25, 0.3) is 0 Å². The zero-order valence-corrected chi connectivity index (χ0v) is 8.87. The number of hydrogen-bond acceptors (Lipinski definition) is 3. The molecule has 1 atom stereocenters. The van der Waals surface area contributed by atoms with Gasteiger partial charge >= 0.3 is 48.0 Å². The second kappa shape index (κ2) is 4.85. The van der Waals surface area contributed by atoms with Crippen LogP contribution < -0.4 is 34.7 Å². The van der Waals surface area contributed by atoms with E-state index in [2.05, 4.69) is 0 Å². The van der Waals surface area contributed by atoms with E-state index in [1.54, 1.807) is 4.74 Å². The van der Waals surface area contributed by atoms with E-state index in [9.17, 15) is 40.6 Å². The maximum absolute atomic E-state index is 12.2. The summed E-state index contributed by atoms with van der Waals surface area (Å²) in [4.78, 5) is 9.51. The molecule has 0 aliphatic rings. The number of carbonyl (C=O) groups excluding carboxylic acids is 1. The number of halogens is 7. The van der Waals surface area contributed by atoms with Crippen molar-refractivity contribution in [2.24, 2.45) is 0 Å². The van der Waals surface area contributed by atoms with Crippen LogP contribution in [0.3, 0.4) is 0 Å². The van der Waals surface area contributed by atoms with Gasteiger partial charge in [-0.25, -0.2) is 4.74 Å². The van der Waals surface area contributed by atoms with Crippen LogP contribution in [0.5, 0.6) is 0 Å². The van der Waals surface area contributed by atoms with Crippen molar-refractivity contribution in [3.05, 3.63) is 0 Å². The quantitative estimate of drug-likeness (QED) is 0.403. The van der Waals surface area contributed by atoms with Crippen molar-refractivity contribution in [3.8, 4) is 0 Å². The summed E-state index contributed by atoms with van der Waals surface area (Å²) in [5, 5.41) is 9.51. The van der Waals surface area contributed by atoms with Crippen LogP contribution >= 0.6 is 0 Å². The number of rotatable bonds is 2. The average molecular weight is 252 g/mol. The van der Waals surface area contributed by atoms with Gasteiger partial charge in [-0.15, -0.1) is 13.2 Å². The van der Waals surface area contributed by atoms with Crippen LogP contribution in [-0.4, -0.2) is 24.4 Å². The molecule has 0 saturated heterocycles. The Morgan fingerprint density at radius 2 is 1.33 bits per heavy atom. The number of hydrogen-bond donors (Lipinski definition) is 0. The molecule has 1 unspecified atom stereocenters. The van der Waals surface area contributed by atoms with Gasteiger partial charge < -0.3 is 9.90 Å². The molecule has 3 nitrogen and oxygen atoms in total. The van der Waals surface area contributed by atoms with E-state index in [-0.39, 0.29) is 29.6 Å². The van der Waals surface area contributed by atoms with Gasteiger partial charge in [0.2, 0.25) is 0 Å². The molecule has 0 aliphatic heterocycles. The van der Waals surface area contributed by atoms with E-state index in [1.165, 1.54) is 0 Å². The number of carbonyl (C=O) groups is 1. The van der Waals surface area contributed by atoms with Gasteiger partial charge in [0.05, 0.1) is 0 Å². The largest absolute Gasteiger partial charge is 1.00 e. The van der Waals surface area contributed by atoms with E-state index < -0.39 is 24.4 Å². The number of carboxylic acid groups (broad SMARTS) is 1. The third-order valence-electron chi connectivity index (χ3n) is 0.884. The summed E-state index contributed by atoms with van der Waals surface area (Å²) in [5.74, 6) is -9.58. The Hall–Kier alpha value is -0.0600. The summed E-state index contributed by atoms with van der Waals surface area (Å²) >= 11 is 0. The molecular formula is C4F7NaO3. The molecule has 0 amide bonds. The standard InChI is InChI=1S/C4HF7O3.Na/c5-2(1(12)13,3(6,7)8)14-4(9,10)11;/h(H,12,13);/q;+1/p-1. The van der Waals surface area contributed by atoms with Gasteiger partial charge in [0, 0.05) is 0 Å². The topological polar surface area (TPSA) is 49.4 Å². The van der Waals surface area contributed by atoms with E-state index in [1.807, 2.05) is 0 Å². The SMILES string of the molecule is O=C([O-])C(F)(OC(F)(F)F)C(F)(F)F.[Na+]. The maximum Gasteiger partial charge on any atom is 1.00 e. The molecule has 15 heavy (non-hydrogen) atoms. The summed E-state index contributed by atoms with van der Waals surface area (Å²) in [5.41, 5.74) is 0. The molecule has 0 aliphatic carbocycles. The van der Waals surface area contributed by atoms with Crippen molar-refractivity contribution in [2.75, 3.05) is 0 Å². The Morgan fingerprint density at radius 1 is 1.00 bits per heavy atom.